The fourth-order valence-corrected chi connectivity index (χ4v) is 2.77. The van der Waals surface area contributed by atoms with Crippen molar-refractivity contribution in [1.82, 2.24) is 0 Å². The number of Topliss-reactive ketones (excluding diaryl/α,β-unsaturated/α-hetero) is 1. The van der Waals surface area contributed by atoms with E-state index in [1.54, 1.807) is 5.92 Å². The molecule has 0 saturated heterocycles. The number of rotatable bonds is 1. The first-order valence-corrected chi connectivity index (χ1v) is 5.75. The Labute approximate surface area is 80.9 Å². The molecule has 0 bridgehead atoms. The first kappa shape index (κ1) is 9.23. The Bertz CT molecular complexity index is 180. The van der Waals surface area contributed by atoms with Crippen LogP contribution in [0.4, 0.5) is 0 Å². The fourth-order valence-electron chi connectivity index (χ4n) is 2.77. The summed E-state index contributed by atoms with van der Waals surface area (Å²) in [6, 6.07) is 0. The smallest absolute Gasteiger partial charge is 0.136 e. The van der Waals surface area contributed by atoms with Crippen LogP contribution in [0.2, 0.25) is 0 Å². The number of ketones is 1. The van der Waals surface area contributed by atoms with Gasteiger partial charge >= 0.3 is 0 Å². The molecule has 73 valence electrons. The lowest BCUT2D eigenvalue weighted by Crippen LogP contribution is -2.26. The summed E-state index contributed by atoms with van der Waals surface area (Å²) in [4.78, 5) is 11.7. The van der Waals surface area contributed by atoms with Crippen LogP contribution in [-0.2, 0) is 4.79 Å². The first-order valence-electron chi connectivity index (χ1n) is 5.75. The highest BCUT2D eigenvalue weighted by atomic mass is 16.1. The van der Waals surface area contributed by atoms with Crippen molar-refractivity contribution >= 4 is 5.78 Å². The van der Waals surface area contributed by atoms with E-state index in [1.807, 2.05) is 0 Å². The summed E-state index contributed by atoms with van der Waals surface area (Å²) in [7, 11) is 0. The number of hydrogen-bond donors (Lipinski definition) is 0. The predicted octanol–water partition coefficient (Wildman–Crippen LogP) is 3.28. The van der Waals surface area contributed by atoms with Gasteiger partial charge in [0.15, 0.2) is 0 Å². The lowest BCUT2D eigenvalue weighted by atomic mass is 9.73. The summed E-state index contributed by atoms with van der Waals surface area (Å²) in [6.45, 7) is 0. The van der Waals surface area contributed by atoms with Crippen molar-refractivity contribution in [3.63, 3.8) is 0 Å². The summed E-state index contributed by atoms with van der Waals surface area (Å²) in [5.74, 6) is 2.52. The number of carbonyl (C=O) groups excluding carboxylic acids is 1. The van der Waals surface area contributed by atoms with Crippen LogP contribution in [0.1, 0.15) is 57.8 Å². The van der Waals surface area contributed by atoms with Crippen molar-refractivity contribution < 1.29 is 4.79 Å². The molecule has 2 aliphatic carbocycles. The molecule has 0 N–H and O–H groups in total. The number of hydrogen-bond acceptors (Lipinski definition) is 1. The second-order valence-corrected chi connectivity index (χ2v) is 4.48. The molecule has 1 heteroatoms. The average Bonchev–Trinajstić information content (AvgIpc) is 2.20. The third-order valence-corrected chi connectivity index (χ3v) is 3.54. The maximum Gasteiger partial charge on any atom is 0.136 e. The Hall–Kier alpha value is -0.330. The average molecular weight is 179 g/mol. The minimum absolute atomic E-state index is 0.383. The van der Waals surface area contributed by atoms with E-state index in [-0.39, 0.29) is 0 Å². The zero-order valence-electron chi connectivity index (χ0n) is 8.35. The van der Waals surface area contributed by atoms with Crippen LogP contribution in [0.15, 0.2) is 0 Å². The van der Waals surface area contributed by atoms with Gasteiger partial charge in [0.1, 0.15) is 5.78 Å². The molecule has 2 aliphatic rings. The van der Waals surface area contributed by atoms with E-state index in [4.69, 9.17) is 0 Å². The lowest BCUT2D eigenvalue weighted by molar-refractivity contribution is -0.124. The van der Waals surface area contributed by atoms with Gasteiger partial charge in [0.05, 0.1) is 0 Å². The van der Waals surface area contributed by atoms with Crippen LogP contribution in [0.25, 0.3) is 0 Å². The van der Waals surface area contributed by atoms with E-state index >= 15 is 0 Å². The molecule has 2 saturated carbocycles. The van der Waals surface area contributed by atoms with Crippen LogP contribution in [0.5, 0.6) is 0 Å². The molecule has 1 atom stereocenters. The molecule has 1 unspecified atom stereocenters. The van der Waals surface area contributed by atoms with Crippen LogP contribution in [0, 0.1) is 11.8 Å². The highest BCUT2D eigenvalue weighted by Crippen LogP contribution is 2.37. The van der Waals surface area contributed by atoms with Crippen molar-refractivity contribution in [3.05, 3.63) is 5.92 Å². The van der Waals surface area contributed by atoms with Gasteiger partial charge < -0.3 is 0 Å². The van der Waals surface area contributed by atoms with E-state index in [0.717, 1.165) is 19.3 Å². The molecule has 0 heterocycles. The summed E-state index contributed by atoms with van der Waals surface area (Å²) in [5, 5.41) is 0. The Morgan fingerprint density at radius 2 is 1.54 bits per heavy atom. The van der Waals surface area contributed by atoms with Gasteiger partial charge in [-0.2, -0.15) is 0 Å². The van der Waals surface area contributed by atoms with Gasteiger partial charge in [0.25, 0.3) is 0 Å². The topological polar surface area (TPSA) is 17.1 Å². The standard InChI is InChI=1S/C12H19O/c13-12-9-5-4-8-11(12)10-6-2-1-3-7-10/h11H,1-9H2. The van der Waals surface area contributed by atoms with Crippen LogP contribution < -0.4 is 0 Å². The molecular weight excluding hydrogens is 160 g/mol. The summed E-state index contributed by atoms with van der Waals surface area (Å²) >= 11 is 0. The minimum Gasteiger partial charge on any atom is -0.299 e. The van der Waals surface area contributed by atoms with Crippen molar-refractivity contribution in [3.8, 4) is 0 Å². The van der Waals surface area contributed by atoms with Gasteiger partial charge in [-0.1, -0.05) is 25.7 Å². The van der Waals surface area contributed by atoms with Crippen molar-refractivity contribution in [2.75, 3.05) is 0 Å². The molecule has 0 aliphatic heterocycles. The van der Waals surface area contributed by atoms with Crippen molar-refractivity contribution in [2.45, 2.75) is 57.8 Å². The van der Waals surface area contributed by atoms with E-state index < -0.39 is 0 Å². The zero-order valence-corrected chi connectivity index (χ0v) is 8.35. The second-order valence-electron chi connectivity index (χ2n) is 4.48. The molecule has 0 aromatic rings. The van der Waals surface area contributed by atoms with Crippen molar-refractivity contribution in [2.24, 2.45) is 5.92 Å². The molecule has 0 aromatic carbocycles. The molecule has 1 radical (unpaired) electrons. The monoisotopic (exact) mass is 179 g/mol. The molecule has 0 amide bonds. The van der Waals surface area contributed by atoms with Crippen LogP contribution in [0.3, 0.4) is 0 Å². The van der Waals surface area contributed by atoms with Gasteiger partial charge in [0, 0.05) is 12.3 Å². The van der Waals surface area contributed by atoms with E-state index in [9.17, 15) is 4.79 Å². The molecule has 2 fully saturated rings. The molecule has 1 nitrogen and oxygen atoms in total. The molecule has 0 aromatic heterocycles. The molecule has 2 rings (SSSR count). The molecule has 0 spiro atoms. The van der Waals surface area contributed by atoms with Gasteiger partial charge in [-0.15, -0.1) is 0 Å². The first-order chi connectivity index (χ1) is 6.38. The van der Waals surface area contributed by atoms with E-state index in [2.05, 4.69) is 0 Å². The third-order valence-electron chi connectivity index (χ3n) is 3.54. The second kappa shape index (κ2) is 4.26. The SMILES string of the molecule is O=C1CCCCC1[C]1CCCCC1. The minimum atomic E-state index is 0.383. The summed E-state index contributed by atoms with van der Waals surface area (Å²) in [5.41, 5.74) is 0. The van der Waals surface area contributed by atoms with Gasteiger partial charge in [-0.25, -0.2) is 0 Å². The Kier molecular flexibility index (Phi) is 3.02. The maximum atomic E-state index is 11.7. The van der Waals surface area contributed by atoms with Crippen molar-refractivity contribution in [1.29, 1.82) is 0 Å². The summed E-state index contributed by atoms with van der Waals surface area (Å²) in [6.07, 6.45) is 11.0. The van der Waals surface area contributed by atoms with Gasteiger partial charge in [-0.05, 0) is 31.6 Å². The summed E-state index contributed by atoms with van der Waals surface area (Å²) < 4.78 is 0. The molecular formula is C12H19O. The normalized spacial score (nSPS) is 32.0. The van der Waals surface area contributed by atoms with E-state index in [0.29, 0.717) is 11.7 Å². The molecule has 13 heavy (non-hydrogen) atoms. The Morgan fingerprint density at radius 1 is 0.846 bits per heavy atom. The van der Waals surface area contributed by atoms with Gasteiger partial charge in [-0.3, -0.25) is 4.79 Å². The Balaban J connectivity index is 1.92. The fraction of sp³-hybridized carbons (Fsp3) is 0.833. The van der Waals surface area contributed by atoms with Crippen LogP contribution >= 0.6 is 0 Å². The quantitative estimate of drug-likeness (QED) is 0.603. The predicted molar refractivity (Wildman–Crippen MR) is 53.3 cm³/mol. The highest BCUT2D eigenvalue weighted by Gasteiger charge is 2.30. The third kappa shape index (κ3) is 2.12. The van der Waals surface area contributed by atoms with Crippen LogP contribution in [-0.4, -0.2) is 5.78 Å². The highest BCUT2D eigenvalue weighted by molar-refractivity contribution is 5.83. The number of carbonyl (C=O) groups is 1. The lowest BCUT2D eigenvalue weighted by Gasteiger charge is -2.31. The van der Waals surface area contributed by atoms with E-state index in [1.165, 1.54) is 38.5 Å². The Morgan fingerprint density at radius 3 is 2.23 bits per heavy atom. The maximum absolute atomic E-state index is 11.7. The van der Waals surface area contributed by atoms with Gasteiger partial charge in [0.2, 0.25) is 0 Å². The largest absolute Gasteiger partial charge is 0.299 e. The zero-order chi connectivity index (χ0) is 9.10.